The fourth-order valence-electron chi connectivity index (χ4n) is 8.09. The Balaban J connectivity index is 2.80. The summed E-state index contributed by atoms with van der Waals surface area (Å²) >= 11 is 0. The molecular weight excluding hydrogens is 883 g/mol. The third kappa shape index (κ3) is 35.0. The maximum atomic E-state index is 13.3. The molecule has 0 spiro atoms. The number of rotatable bonds is 45. The SMILES string of the molecule is CC/C=C\C/C=C\C/C=C\C/C=C\C/C=C\CCC(O)C(=O)NC(COC1OC(CO)C(O)C(O)C1OC(=O)CCCCC/C=C\CCCCCCCCC)C(O)/C=C/CCCCCCCCCCC. The van der Waals surface area contributed by atoms with Crippen molar-refractivity contribution in [3.05, 3.63) is 85.1 Å². The number of allylic oxidation sites excluding steroid dienone is 13. The largest absolute Gasteiger partial charge is 0.454 e. The number of carbonyl (C=O) groups excluding carboxylic acids is 2. The predicted molar refractivity (Wildman–Crippen MR) is 287 cm³/mol. The minimum atomic E-state index is -1.63. The number of aliphatic hydroxyl groups excluding tert-OH is 5. The van der Waals surface area contributed by atoms with E-state index in [1.54, 1.807) is 6.08 Å². The highest BCUT2D eigenvalue weighted by molar-refractivity contribution is 5.80. The molecule has 1 heterocycles. The Kier molecular flexibility index (Phi) is 43.4. The van der Waals surface area contributed by atoms with Crippen LogP contribution in [0.2, 0.25) is 0 Å². The molecular formula is C59H101NO10. The molecule has 0 aromatic carbocycles. The maximum absolute atomic E-state index is 13.3. The summed E-state index contributed by atoms with van der Waals surface area (Å²) in [6.45, 7) is 5.59. The van der Waals surface area contributed by atoms with Crippen LogP contribution in [0.1, 0.15) is 213 Å². The Morgan fingerprint density at radius 1 is 0.571 bits per heavy atom. The highest BCUT2D eigenvalue weighted by Crippen LogP contribution is 2.26. The van der Waals surface area contributed by atoms with E-state index >= 15 is 0 Å². The second-order valence-electron chi connectivity index (χ2n) is 18.9. The first-order chi connectivity index (χ1) is 34.2. The van der Waals surface area contributed by atoms with Gasteiger partial charge in [0.15, 0.2) is 12.4 Å². The van der Waals surface area contributed by atoms with Gasteiger partial charge in [0.05, 0.1) is 25.4 Å². The zero-order valence-electron chi connectivity index (χ0n) is 44.1. The topological polar surface area (TPSA) is 175 Å². The van der Waals surface area contributed by atoms with Crippen LogP contribution in [0.5, 0.6) is 0 Å². The number of aliphatic hydroxyl groups is 5. The molecule has 1 amide bonds. The van der Waals surface area contributed by atoms with Gasteiger partial charge in [-0.25, -0.2) is 0 Å². The fourth-order valence-corrected chi connectivity index (χ4v) is 8.09. The summed E-state index contributed by atoms with van der Waals surface area (Å²) in [4.78, 5) is 26.4. The molecule has 8 unspecified atom stereocenters. The molecule has 0 aromatic rings. The summed E-state index contributed by atoms with van der Waals surface area (Å²) in [5.74, 6) is -1.28. The molecule has 11 heteroatoms. The van der Waals surface area contributed by atoms with Crippen LogP contribution in [0.4, 0.5) is 0 Å². The maximum Gasteiger partial charge on any atom is 0.306 e. The Hall–Kier alpha value is -3.16. The average Bonchev–Trinajstić information content (AvgIpc) is 3.36. The van der Waals surface area contributed by atoms with Crippen molar-refractivity contribution in [1.82, 2.24) is 5.32 Å². The van der Waals surface area contributed by atoms with Gasteiger partial charge in [-0.2, -0.15) is 0 Å². The van der Waals surface area contributed by atoms with Gasteiger partial charge >= 0.3 is 5.97 Å². The molecule has 0 bridgehead atoms. The van der Waals surface area contributed by atoms with Crippen molar-refractivity contribution in [2.24, 2.45) is 0 Å². The number of amides is 1. The lowest BCUT2D eigenvalue weighted by atomic mass is 9.99. The third-order valence-electron chi connectivity index (χ3n) is 12.5. The monoisotopic (exact) mass is 984 g/mol. The van der Waals surface area contributed by atoms with E-state index in [4.69, 9.17) is 14.2 Å². The highest BCUT2D eigenvalue weighted by atomic mass is 16.7. The van der Waals surface area contributed by atoms with Gasteiger partial charge < -0.3 is 45.1 Å². The Bertz CT molecular complexity index is 1460. The van der Waals surface area contributed by atoms with E-state index in [2.05, 4.69) is 86.8 Å². The molecule has 1 aliphatic heterocycles. The van der Waals surface area contributed by atoms with Crippen LogP contribution in [-0.4, -0.2) is 99.6 Å². The molecule has 8 atom stereocenters. The van der Waals surface area contributed by atoms with Crippen molar-refractivity contribution in [2.75, 3.05) is 13.2 Å². The number of unbranched alkanes of at least 4 members (excludes halogenated alkanes) is 19. The summed E-state index contributed by atoms with van der Waals surface area (Å²) < 4.78 is 17.5. The van der Waals surface area contributed by atoms with Crippen molar-refractivity contribution in [2.45, 2.75) is 262 Å². The van der Waals surface area contributed by atoms with Crippen molar-refractivity contribution >= 4 is 11.9 Å². The van der Waals surface area contributed by atoms with Gasteiger partial charge in [0.25, 0.3) is 0 Å². The molecule has 0 aliphatic carbocycles. The van der Waals surface area contributed by atoms with Crippen LogP contribution >= 0.6 is 0 Å². The minimum Gasteiger partial charge on any atom is -0.454 e. The van der Waals surface area contributed by atoms with Crippen LogP contribution in [0.3, 0.4) is 0 Å². The van der Waals surface area contributed by atoms with Gasteiger partial charge in [-0.1, -0.05) is 202 Å². The van der Waals surface area contributed by atoms with Gasteiger partial charge in [0.1, 0.15) is 24.4 Å². The zero-order chi connectivity index (χ0) is 51.1. The molecule has 6 N–H and O–H groups in total. The Morgan fingerprint density at radius 3 is 1.54 bits per heavy atom. The Morgan fingerprint density at radius 2 is 1.03 bits per heavy atom. The standard InChI is InChI=1S/C59H101NO10/c1-4-7-10-13-16-19-22-24-26-27-28-31-34-37-40-43-46-52(63)58(67)60-50(51(62)45-42-39-36-33-30-21-18-15-12-9-6-3)49-68-59-57(56(66)55(65)53(48-61)69-59)70-54(64)47-44-41-38-35-32-29-25-23-20-17-14-11-8-5-2/h7,10,16,19,24,26,28-29,31-32,37,40,42,45,50-53,55-57,59,61-63,65-66H,4-6,8-9,11-15,17-18,20-23,25,27,30,33-36,38-39,41,43-44,46-49H2,1-3H3,(H,60,67)/b10-7-,19-16-,26-24-,31-28-,32-29-,40-37-,45-42+. The summed E-state index contributed by atoms with van der Waals surface area (Å²) in [7, 11) is 0. The molecule has 1 fully saturated rings. The lowest BCUT2D eigenvalue weighted by Crippen LogP contribution is -2.61. The second-order valence-corrected chi connectivity index (χ2v) is 18.9. The highest BCUT2D eigenvalue weighted by Gasteiger charge is 2.47. The van der Waals surface area contributed by atoms with Crippen molar-refractivity contribution in [1.29, 1.82) is 0 Å². The van der Waals surface area contributed by atoms with Crippen molar-refractivity contribution in [3.8, 4) is 0 Å². The second kappa shape index (κ2) is 46.9. The molecule has 0 radical (unpaired) electrons. The predicted octanol–water partition coefficient (Wildman–Crippen LogP) is 12.2. The number of ether oxygens (including phenoxy) is 3. The Labute approximate surface area is 425 Å². The van der Waals surface area contributed by atoms with Gasteiger partial charge in [-0.15, -0.1) is 0 Å². The number of esters is 1. The lowest BCUT2D eigenvalue weighted by Gasteiger charge is -2.41. The number of carbonyl (C=O) groups is 2. The third-order valence-corrected chi connectivity index (χ3v) is 12.5. The van der Waals surface area contributed by atoms with Crippen molar-refractivity contribution in [3.63, 3.8) is 0 Å². The molecule has 1 saturated heterocycles. The molecule has 1 rings (SSSR count). The first-order valence-corrected chi connectivity index (χ1v) is 27.9. The van der Waals surface area contributed by atoms with Crippen molar-refractivity contribution < 1.29 is 49.3 Å². The average molecular weight is 984 g/mol. The van der Waals surface area contributed by atoms with Crippen LogP contribution in [0.15, 0.2) is 85.1 Å². The van der Waals surface area contributed by atoms with E-state index in [-0.39, 0.29) is 19.4 Å². The molecule has 402 valence electrons. The lowest BCUT2D eigenvalue weighted by molar-refractivity contribution is -0.305. The van der Waals surface area contributed by atoms with Crippen LogP contribution in [-0.2, 0) is 23.8 Å². The fraction of sp³-hybridized carbons (Fsp3) is 0.729. The molecule has 0 saturated carbocycles. The van der Waals surface area contributed by atoms with Gasteiger partial charge in [0, 0.05) is 6.42 Å². The quantitative estimate of drug-likeness (QED) is 0.0196. The van der Waals surface area contributed by atoms with E-state index in [1.165, 1.54) is 83.5 Å². The van der Waals surface area contributed by atoms with E-state index in [0.29, 0.717) is 12.8 Å². The first kappa shape index (κ1) is 64.9. The smallest absolute Gasteiger partial charge is 0.306 e. The van der Waals surface area contributed by atoms with Gasteiger partial charge in [-0.05, 0) is 89.9 Å². The zero-order valence-corrected chi connectivity index (χ0v) is 44.1. The van der Waals surface area contributed by atoms with E-state index in [9.17, 15) is 35.1 Å². The van der Waals surface area contributed by atoms with Crippen LogP contribution in [0.25, 0.3) is 0 Å². The summed E-state index contributed by atoms with van der Waals surface area (Å²) in [5, 5.41) is 56.6. The van der Waals surface area contributed by atoms with Crippen LogP contribution < -0.4 is 5.32 Å². The molecule has 0 aromatic heterocycles. The molecule has 1 aliphatic rings. The van der Waals surface area contributed by atoms with E-state index < -0.39 is 67.4 Å². The van der Waals surface area contributed by atoms with Gasteiger partial charge in [-0.3, -0.25) is 9.59 Å². The summed E-state index contributed by atoms with van der Waals surface area (Å²) in [6.07, 6.45) is 49.3. The molecule has 11 nitrogen and oxygen atoms in total. The van der Waals surface area contributed by atoms with Gasteiger partial charge in [0.2, 0.25) is 5.91 Å². The summed E-state index contributed by atoms with van der Waals surface area (Å²) in [6, 6.07) is -1.06. The summed E-state index contributed by atoms with van der Waals surface area (Å²) in [5.41, 5.74) is 0. The first-order valence-electron chi connectivity index (χ1n) is 27.9. The number of nitrogens with one attached hydrogen (secondary N) is 1. The minimum absolute atomic E-state index is 0.0931. The normalized spacial score (nSPS) is 20.4. The number of hydrogen-bond acceptors (Lipinski definition) is 10. The van der Waals surface area contributed by atoms with E-state index in [1.807, 2.05) is 18.2 Å². The molecule has 70 heavy (non-hydrogen) atoms. The van der Waals surface area contributed by atoms with E-state index in [0.717, 1.165) is 83.5 Å². The number of hydrogen-bond donors (Lipinski definition) is 6. The van der Waals surface area contributed by atoms with Crippen LogP contribution in [0, 0.1) is 0 Å².